The van der Waals surface area contributed by atoms with Crippen LogP contribution >= 0.6 is 0 Å². The molecule has 0 rings (SSSR count). The molecule has 0 heterocycles. The molecule has 0 fully saturated rings. The summed E-state index contributed by atoms with van der Waals surface area (Å²) >= 11 is 0. The zero-order valence-electron chi connectivity index (χ0n) is 8.78. The lowest BCUT2D eigenvalue weighted by Gasteiger charge is -1.98. The quantitative estimate of drug-likeness (QED) is 0.620. The van der Waals surface area contributed by atoms with Gasteiger partial charge >= 0.3 is 0 Å². The summed E-state index contributed by atoms with van der Waals surface area (Å²) in [6.45, 7) is 6.49. The van der Waals surface area contributed by atoms with Crippen molar-refractivity contribution < 1.29 is 0 Å². The van der Waals surface area contributed by atoms with Gasteiger partial charge in [-0.25, -0.2) is 0 Å². The van der Waals surface area contributed by atoms with Gasteiger partial charge in [-0.15, -0.1) is 0 Å². The maximum Gasteiger partial charge on any atom is 0.00724 e. The number of rotatable bonds is 5. The second-order valence-electron chi connectivity index (χ2n) is 3.22. The third-order valence-corrected chi connectivity index (χ3v) is 1.94. The first-order valence-corrected chi connectivity index (χ1v) is 4.72. The van der Waals surface area contributed by atoms with E-state index in [0.29, 0.717) is 0 Å². The number of hydrogen-bond acceptors (Lipinski definition) is 1. The first-order valence-electron chi connectivity index (χ1n) is 4.72. The van der Waals surface area contributed by atoms with E-state index in [-0.39, 0.29) is 0 Å². The molecule has 1 N–H and O–H groups in total. The van der Waals surface area contributed by atoms with Gasteiger partial charge in [-0.1, -0.05) is 25.0 Å². The molecule has 0 aromatic heterocycles. The van der Waals surface area contributed by atoms with Crippen molar-refractivity contribution in [3.05, 3.63) is 23.4 Å². The summed E-state index contributed by atoms with van der Waals surface area (Å²) in [5, 5.41) is 3.09. The van der Waals surface area contributed by atoms with Gasteiger partial charge in [-0.05, 0) is 32.8 Å². The van der Waals surface area contributed by atoms with Crippen molar-refractivity contribution in [1.82, 2.24) is 5.32 Å². The molecule has 0 radical (unpaired) electrons. The predicted molar refractivity (Wildman–Crippen MR) is 56.1 cm³/mol. The zero-order valence-corrected chi connectivity index (χ0v) is 8.78. The van der Waals surface area contributed by atoms with Gasteiger partial charge in [0, 0.05) is 12.7 Å². The Morgan fingerprint density at radius 2 is 1.92 bits per heavy atom. The van der Waals surface area contributed by atoms with Crippen LogP contribution in [0.4, 0.5) is 0 Å². The first-order chi connectivity index (χ1) is 5.70. The van der Waals surface area contributed by atoms with E-state index in [9.17, 15) is 0 Å². The topological polar surface area (TPSA) is 12.0 Å². The van der Waals surface area contributed by atoms with Crippen molar-refractivity contribution in [3.8, 4) is 0 Å². The van der Waals surface area contributed by atoms with Crippen LogP contribution in [0.3, 0.4) is 0 Å². The number of unbranched alkanes of at least 4 members (excludes halogenated alkanes) is 1. The van der Waals surface area contributed by atoms with Crippen LogP contribution in [0.2, 0.25) is 0 Å². The molecule has 0 unspecified atom stereocenters. The highest BCUT2D eigenvalue weighted by molar-refractivity contribution is 5.14. The highest BCUT2D eigenvalue weighted by atomic mass is 14.8. The Bertz CT molecular complexity index is 166. The number of allylic oxidation sites excluding steroid dienone is 4. The van der Waals surface area contributed by atoms with E-state index in [1.165, 1.54) is 30.5 Å². The first kappa shape index (κ1) is 11.3. The SMILES string of the molecule is CCCC/C(C)=C/C=C(\C)NC. The summed E-state index contributed by atoms with van der Waals surface area (Å²) < 4.78 is 0. The number of hydrogen-bond donors (Lipinski definition) is 1. The van der Waals surface area contributed by atoms with E-state index < -0.39 is 0 Å². The monoisotopic (exact) mass is 167 g/mol. The Morgan fingerprint density at radius 3 is 2.42 bits per heavy atom. The van der Waals surface area contributed by atoms with E-state index in [4.69, 9.17) is 0 Å². The Hall–Kier alpha value is -0.720. The summed E-state index contributed by atoms with van der Waals surface area (Å²) in [5.41, 5.74) is 2.68. The maximum atomic E-state index is 3.09. The fourth-order valence-electron chi connectivity index (χ4n) is 0.890. The molecule has 0 aliphatic carbocycles. The molecule has 0 spiro atoms. The molecule has 0 aromatic carbocycles. The Labute approximate surface area is 76.6 Å². The molecule has 0 aromatic rings. The zero-order chi connectivity index (χ0) is 9.40. The van der Waals surface area contributed by atoms with Gasteiger partial charge in [0.2, 0.25) is 0 Å². The van der Waals surface area contributed by atoms with Crippen LogP contribution in [0, 0.1) is 0 Å². The van der Waals surface area contributed by atoms with Gasteiger partial charge in [0.15, 0.2) is 0 Å². The fourth-order valence-corrected chi connectivity index (χ4v) is 0.890. The van der Waals surface area contributed by atoms with Crippen molar-refractivity contribution >= 4 is 0 Å². The lowest BCUT2D eigenvalue weighted by molar-refractivity contribution is 0.787. The minimum Gasteiger partial charge on any atom is -0.392 e. The molecule has 12 heavy (non-hydrogen) atoms. The molecule has 1 nitrogen and oxygen atoms in total. The smallest absolute Gasteiger partial charge is 0.00724 e. The van der Waals surface area contributed by atoms with Crippen LogP contribution in [0.1, 0.15) is 40.0 Å². The second kappa shape index (κ2) is 6.96. The van der Waals surface area contributed by atoms with Crippen LogP contribution in [0.25, 0.3) is 0 Å². The van der Waals surface area contributed by atoms with Crippen LogP contribution in [-0.4, -0.2) is 7.05 Å². The molecule has 0 saturated heterocycles. The third-order valence-electron chi connectivity index (χ3n) is 1.94. The van der Waals surface area contributed by atoms with E-state index in [1.54, 1.807) is 0 Å². The van der Waals surface area contributed by atoms with E-state index >= 15 is 0 Å². The summed E-state index contributed by atoms with van der Waals surface area (Å²) in [6, 6.07) is 0. The molecule has 0 amide bonds. The Balaban J connectivity index is 3.82. The van der Waals surface area contributed by atoms with Crippen LogP contribution in [0.15, 0.2) is 23.4 Å². The van der Waals surface area contributed by atoms with Gasteiger partial charge in [-0.2, -0.15) is 0 Å². The van der Waals surface area contributed by atoms with Crippen molar-refractivity contribution in [2.24, 2.45) is 0 Å². The van der Waals surface area contributed by atoms with Crippen molar-refractivity contribution in [2.45, 2.75) is 40.0 Å². The molecule has 0 saturated carbocycles. The molecule has 0 aliphatic heterocycles. The van der Waals surface area contributed by atoms with Crippen LogP contribution in [0.5, 0.6) is 0 Å². The van der Waals surface area contributed by atoms with Crippen LogP contribution < -0.4 is 5.32 Å². The molecule has 0 atom stereocenters. The molecular weight excluding hydrogens is 146 g/mol. The maximum absolute atomic E-state index is 3.09. The fraction of sp³-hybridized carbons (Fsp3) is 0.636. The number of nitrogens with one attached hydrogen (secondary N) is 1. The minimum atomic E-state index is 1.21. The highest BCUT2D eigenvalue weighted by Gasteiger charge is 1.87. The molecule has 1 heteroatoms. The average molecular weight is 167 g/mol. The van der Waals surface area contributed by atoms with E-state index in [2.05, 4.69) is 38.2 Å². The lowest BCUT2D eigenvalue weighted by Crippen LogP contribution is -2.00. The summed E-state index contributed by atoms with van der Waals surface area (Å²) in [5.74, 6) is 0. The minimum absolute atomic E-state index is 1.21. The van der Waals surface area contributed by atoms with Crippen molar-refractivity contribution in [2.75, 3.05) is 7.05 Å². The van der Waals surface area contributed by atoms with E-state index in [0.717, 1.165) is 0 Å². The lowest BCUT2D eigenvalue weighted by atomic mass is 10.1. The second-order valence-corrected chi connectivity index (χ2v) is 3.22. The summed E-state index contributed by atoms with van der Waals surface area (Å²) in [4.78, 5) is 0. The van der Waals surface area contributed by atoms with Gasteiger partial charge in [0.1, 0.15) is 0 Å². The van der Waals surface area contributed by atoms with Crippen molar-refractivity contribution in [1.29, 1.82) is 0 Å². The summed E-state index contributed by atoms with van der Waals surface area (Å²) in [7, 11) is 1.95. The summed E-state index contributed by atoms with van der Waals surface area (Å²) in [6.07, 6.45) is 8.13. The van der Waals surface area contributed by atoms with Crippen molar-refractivity contribution in [3.63, 3.8) is 0 Å². The van der Waals surface area contributed by atoms with E-state index in [1.807, 2.05) is 7.05 Å². The predicted octanol–water partition coefficient (Wildman–Crippen LogP) is 3.25. The molecule has 0 bridgehead atoms. The third kappa shape index (κ3) is 6.02. The molecule has 0 aliphatic rings. The largest absolute Gasteiger partial charge is 0.392 e. The Morgan fingerprint density at radius 1 is 1.25 bits per heavy atom. The van der Waals surface area contributed by atoms with Gasteiger partial charge in [-0.3, -0.25) is 0 Å². The highest BCUT2D eigenvalue weighted by Crippen LogP contribution is 2.06. The van der Waals surface area contributed by atoms with Gasteiger partial charge in [0.05, 0.1) is 0 Å². The average Bonchev–Trinajstić information content (AvgIpc) is 2.10. The molecule has 70 valence electrons. The molecular formula is C11H21N. The standard InChI is InChI=1S/C11H21N/c1-5-6-7-10(2)8-9-11(3)12-4/h8-9,12H,5-7H2,1-4H3/b10-8+,11-9+. The van der Waals surface area contributed by atoms with Crippen LogP contribution in [-0.2, 0) is 0 Å². The van der Waals surface area contributed by atoms with Gasteiger partial charge < -0.3 is 5.32 Å². The Kier molecular flexibility index (Phi) is 6.54. The van der Waals surface area contributed by atoms with Gasteiger partial charge in [0.25, 0.3) is 0 Å². The normalized spacial score (nSPS) is 13.3.